The summed E-state index contributed by atoms with van der Waals surface area (Å²) in [6.45, 7) is 10.6. The first-order valence-corrected chi connectivity index (χ1v) is 4.85. The van der Waals surface area contributed by atoms with E-state index in [0.29, 0.717) is 0 Å². The van der Waals surface area contributed by atoms with E-state index in [1.165, 1.54) is 37.7 Å². The zero-order chi connectivity index (χ0) is 8.69. The van der Waals surface area contributed by atoms with Gasteiger partial charge in [-0.2, -0.15) is 0 Å². The first-order chi connectivity index (χ1) is 5.20. The van der Waals surface area contributed by atoms with Gasteiger partial charge < -0.3 is 0 Å². The molecule has 0 aliphatic heterocycles. The summed E-state index contributed by atoms with van der Waals surface area (Å²) in [6.07, 6.45) is 6.62. The molecule has 0 saturated carbocycles. The summed E-state index contributed by atoms with van der Waals surface area (Å²) in [6, 6.07) is 0. The predicted molar refractivity (Wildman–Crippen MR) is 52.7 cm³/mol. The van der Waals surface area contributed by atoms with Gasteiger partial charge in [0.15, 0.2) is 0 Å². The lowest BCUT2D eigenvalue weighted by Gasteiger charge is -2.14. The lowest BCUT2D eigenvalue weighted by molar-refractivity contribution is 0.437. The largest absolute Gasteiger partial charge is 0.100 e. The number of allylic oxidation sites excluding steroid dienone is 1. The summed E-state index contributed by atoms with van der Waals surface area (Å²) in [4.78, 5) is 0. The van der Waals surface area contributed by atoms with Gasteiger partial charge in [-0.1, -0.05) is 45.1 Å². The molecule has 0 rings (SSSR count). The summed E-state index contributed by atoms with van der Waals surface area (Å²) in [5.74, 6) is 0.905. The Balaban J connectivity index is 3.59. The summed E-state index contributed by atoms with van der Waals surface area (Å²) in [7, 11) is 0. The van der Waals surface area contributed by atoms with Crippen LogP contribution in [0.15, 0.2) is 12.2 Å². The highest BCUT2D eigenvalue weighted by atomic mass is 14.1. The smallest absolute Gasteiger partial charge is 0.0297 e. The highest BCUT2D eigenvalue weighted by molar-refractivity contribution is 4.90. The molecule has 0 unspecified atom stereocenters. The van der Waals surface area contributed by atoms with Gasteiger partial charge in [0.05, 0.1) is 0 Å². The van der Waals surface area contributed by atoms with Crippen LogP contribution in [-0.2, 0) is 0 Å². The lowest BCUT2D eigenvalue weighted by atomic mass is 9.92. The Labute approximate surface area is 71.7 Å². The molecule has 0 aromatic carbocycles. The van der Waals surface area contributed by atoms with Crippen molar-refractivity contribution in [3.05, 3.63) is 12.2 Å². The fourth-order valence-corrected chi connectivity index (χ4v) is 1.66. The van der Waals surface area contributed by atoms with Crippen molar-refractivity contribution in [2.45, 2.75) is 52.9 Å². The molecule has 0 atom stereocenters. The Morgan fingerprint density at radius 1 is 1.18 bits per heavy atom. The van der Waals surface area contributed by atoms with Crippen LogP contribution in [-0.4, -0.2) is 0 Å². The molecule has 0 aliphatic carbocycles. The Kier molecular flexibility index (Phi) is 6.30. The molecule has 0 amide bonds. The van der Waals surface area contributed by atoms with Crippen LogP contribution in [0, 0.1) is 5.92 Å². The van der Waals surface area contributed by atoms with E-state index in [2.05, 4.69) is 27.4 Å². The fraction of sp³-hybridized carbons (Fsp3) is 0.818. The molecule has 0 aromatic rings. The van der Waals surface area contributed by atoms with Crippen LogP contribution in [0.1, 0.15) is 52.9 Å². The molecular weight excluding hydrogens is 132 g/mol. The van der Waals surface area contributed by atoms with E-state index in [-0.39, 0.29) is 0 Å². The number of hydrogen-bond acceptors (Lipinski definition) is 0. The van der Waals surface area contributed by atoms with Gasteiger partial charge >= 0.3 is 0 Å². The van der Waals surface area contributed by atoms with Crippen LogP contribution in [0.3, 0.4) is 0 Å². The summed E-state index contributed by atoms with van der Waals surface area (Å²) < 4.78 is 0. The van der Waals surface area contributed by atoms with Crippen molar-refractivity contribution < 1.29 is 0 Å². The van der Waals surface area contributed by atoms with Gasteiger partial charge in [-0.3, -0.25) is 0 Å². The van der Waals surface area contributed by atoms with Crippen molar-refractivity contribution in [2.24, 2.45) is 5.92 Å². The van der Waals surface area contributed by atoms with Crippen LogP contribution in [0.4, 0.5) is 0 Å². The average Bonchev–Trinajstić information content (AvgIpc) is 1.87. The zero-order valence-corrected chi connectivity index (χ0v) is 8.32. The zero-order valence-electron chi connectivity index (χ0n) is 8.32. The van der Waals surface area contributed by atoms with Crippen LogP contribution in [0.25, 0.3) is 0 Å². The van der Waals surface area contributed by atoms with Crippen molar-refractivity contribution in [1.82, 2.24) is 0 Å². The van der Waals surface area contributed by atoms with E-state index >= 15 is 0 Å². The number of rotatable bonds is 6. The molecule has 0 bridgehead atoms. The Morgan fingerprint density at radius 2 is 1.64 bits per heavy atom. The first-order valence-electron chi connectivity index (χ1n) is 4.85. The van der Waals surface area contributed by atoms with E-state index in [1.807, 2.05) is 0 Å². The van der Waals surface area contributed by atoms with Crippen LogP contribution < -0.4 is 0 Å². The molecule has 0 saturated heterocycles. The van der Waals surface area contributed by atoms with Gasteiger partial charge in [0, 0.05) is 0 Å². The molecule has 66 valence electrons. The topological polar surface area (TPSA) is 0 Å². The Bertz CT molecular complexity index is 96.6. The molecule has 0 heteroatoms. The van der Waals surface area contributed by atoms with Crippen LogP contribution >= 0.6 is 0 Å². The highest BCUT2D eigenvalue weighted by Gasteiger charge is 2.05. The molecule has 0 fully saturated rings. The standard InChI is InChI=1S/C11H22/c1-5-7-11(8-6-2)9-10(3)4/h11H,3,5-9H2,1-2,4H3. The summed E-state index contributed by atoms with van der Waals surface area (Å²) >= 11 is 0. The van der Waals surface area contributed by atoms with E-state index < -0.39 is 0 Å². The van der Waals surface area contributed by atoms with Crippen LogP contribution in [0.2, 0.25) is 0 Å². The third-order valence-electron chi connectivity index (χ3n) is 2.03. The van der Waals surface area contributed by atoms with E-state index in [9.17, 15) is 0 Å². The second-order valence-electron chi connectivity index (χ2n) is 3.60. The summed E-state index contributed by atoms with van der Waals surface area (Å²) in [5, 5.41) is 0. The van der Waals surface area contributed by atoms with Gasteiger partial charge in [0.2, 0.25) is 0 Å². The number of hydrogen-bond donors (Lipinski definition) is 0. The molecule has 11 heavy (non-hydrogen) atoms. The van der Waals surface area contributed by atoms with E-state index in [4.69, 9.17) is 0 Å². The van der Waals surface area contributed by atoms with Crippen molar-refractivity contribution >= 4 is 0 Å². The van der Waals surface area contributed by atoms with Gasteiger partial charge in [-0.15, -0.1) is 6.58 Å². The van der Waals surface area contributed by atoms with Gasteiger partial charge in [-0.25, -0.2) is 0 Å². The maximum Gasteiger partial charge on any atom is -0.0297 e. The van der Waals surface area contributed by atoms with E-state index in [0.717, 1.165) is 5.92 Å². The molecule has 0 nitrogen and oxygen atoms in total. The summed E-state index contributed by atoms with van der Waals surface area (Å²) in [5.41, 5.74) is 1.34. The molecule has 0 N–H and O–H groups in total. The molecule has 0 heterocycles. The van der Waals surface area contributed by atoms with Gasteiger partial charge in [-0.05, 0) is 19.3 Å². The van der Waals surface area contributed by atoms with Gasteiger partial charge in [0.1, 0.15) is 0 Å². The highest BCUT2D eigenvalue weighted by Crippen LogP contribution is 2.20. The van der Waals surface area contributed by atoms with Crippen LogP contribution in [0.5, 0.6) is 0 Å². The SMILES string of the molecule is C=C(C)CC(CCC)CCC. The molecular formula is C11H22. The first kappa shape index (κ1) is 10.7. The minimum atomic E-state index is 0.905. The van der Waals surface area contributed by atoms with Crippen molar-refractivity contribution in [1.29, 1.82) is 0 Å². The Hall–Kier alpha value is -0.260. The third kappa shape index (κ3) is 6.15. The van der Waals surface area contributed by atoms with Crippen molar-refractivity contribution in [2.75, 3.05) is 0 Å². The second kappa shape index (κ2) is 6.45. The average molecular weight is 154 g/mol. The third-order valence-corrected chi connectivity index (χ3v) is 2.03. The van der Waals surface area contributed by atoms with Gasteiger partial charge in [0.25, 0.3) is 0 Å². The van der Waals surface area contributed by atoms with Crippen molar-refractivity contribution in [3.63, 3.8) is 0 Å². The normalized spacial score (nSPS) is 10.5. The lowest BCUT2D eigenvalue weighted by Crippen LogP contribution is -1.99. The monoisotopic (exact) mass is 154 g/mol. The minimum absolute atomic E-state index is 0.905. The molecule has 0 radical (unpaired) electrons. The molecule has 0 spiro atoms. The fourth-order valence-electron chi connectivity index (χ4n) is 1.66. The van der Waals surface area contributed by atoms with E-state index in [1.54, 1.807) is 0 Å². The molecule has 0 aliphatic rings. The molecule has 0 aromatic heterocycles. The van der Waals surface area contributed by atoms with Crippen molar-refractivity contribution in [3.8, 4) is 0 Å². The maximum absolute atomic E-state index is 3.96. The minimum Gasteiger partial charge on any atom is -0.100 e. The quantitative estimate of drug-likeness (QED) is 0.504. The second-order valence-corrected chi connectivity index (χ2v) is 3.60. The Morgan fingerprint density at radius 3 is 1.91 bits per heavy atom. The predicted octanol–water partition coefficient (Wildman–Crippen LogP) is 4.17. The maximum atomic E-state index is 3.96.